The third kappa shape index (κ3) is 4.57. The van der Waals surface area contributed by atoms with Crippen LogP contribution >= 0.6 is 0 Å². The van der Waals surface area contributed by atoms with E-state index in [-0.39, 0.29) is 0 Å². The van der Waals surface area contributed by atoms with Crippen molar-refractivity contribution in [2.75, 3.05) is 6.61 Å². The van der Waals surface area contributed by atoms with Gasteiger partial charge in [-0.3, -0.25) is 0 Å². The summed E-state index contributed by atoms with van der Waals surface area (Å²) >= 11 is 0. The van der Waals surface area contributed by atoms with Crippen LogP contribution in [0.4, 0.5) is 0 Å². The molecule has 1 aliphatic heterocycles. The zero-order valence-corrected chi connectivity index (χ0v) is 16.7. The fourth-order valence-corrected chi connectivity index (χ4v) is 5.40. The molecule has 148 valence electrons. The Balaban J connectivity index is 1.53. The highest BCUT2D eigenvalue weighted by atomic mass is 16.3. The van der Waals surface area contributed by atoms with Gasteiger partial charge in [-0.05, 0) is 55.9 Å². The van der Waals surface area contributed by atoms with E-state index in [2.05, 4.69) is 54.0 Å². The van der Waals surface area contributed by atoms with Gasteiger partial charge >= 0.3 is 0 Å². The molecular formula is C24H36N2O. The van der Waals surface area contributed by atoms with Gasteiger partial charge in [0, 0.05) is 36.3 Å². The van der Waals surface area contributed by atoms with Gasteiger partial charge in [0.2, 0.25) is 0 Å². The molecule has 0 aromatic carbocycles. The van der Waals surface area contributed by atoms with Crippen LogP contribution in [-0.4, -0.2) is 29.8 Å². The van der Waals surface area contributed by atoms with Crippen LogP contribution in [-0.2, 0) is 0 Å². The van der Waals surface area contributed by atoms with Crippen LogP contribution < -0.4 is 10.6 Å². The molecule has 0 aromatic rings. The molecule has 0 spiro atoms. The first-order valence-electron chi connectivity index (χ1n) is 11.2. The van der Waals surface area contributed by atoms with Gasteiger partial charge in [-0.2, -0.15) is 0 Å². The SMILES string of the molecule is CC1C=CC=CC(C2=CC3CCC(CO)CCC(NC4CCCC4)C3N2)=C1. The Kier molecular flexibility index (Phi) is 6.19. The second kappa shape index (κ2) is 8.79. The first kappa shape index (κ1) is 19.0. The van der Waals surface area contributed by atoms with Crippen LogP contribution in [0.3, 0.4) is 0 Å². The van der Waals surface area contributed by atoms with Crippen molar-refractivity contribution >= 4 is 0 Å². The number of allylic oxidation sites excluding steroid dienone is 5. The van der Waals surface area contributed by atoms with Gasteiger partial charge in [-0.1, -0.05) is 56.2 Å². The highest BCUT2D eigenvalue weighted by Gasteiger charge is 2.37. The molecule has 0 bridgehead atoms. The molecule has 0 saturated heterocycles. The highest BCUT2D eigenvalue weighted by Crippen LogP contribution is 2.35. The number of nitrogens with one attached hydrogen (secondary N) is 2. The normalized spacial score (nSPS) is 37.0. The van der Waals surface area contributed by atoms with Crippen molar-refractivity contribution in [2.24, 2.45) is 17.8 Å². The number of hydrogen-bond acceptors (Lipinski definition) is 3. The van der Waals surface area contributed by atoms with Crippen molar-refractivity contribution in [3.05, 3.63) is 47.7 Å². The Labute approximate surface area is 164 Å². The summed E-state index contributed by atoms with van der Waals surface area (Å²) in [5, 5.41) is 17.7. The van der Waals surface area contributed by atoms with Gasteiger partial charge in [0.1, 0.15) is 0 Å². The maximum absolute atomic E-state index is 9.76. The molecule has 3 aliphatic carbocycles. The second-order valence-corrected chi connectivity index (χ2v) is 9.10. The molecule has 3 heteroatoms. The van der Waals surface area contributed by atoms with E-state index in [1.165, 1.54) is 49.8 Å². The molecule has 5 atom stereocenters. The second-order valence-electron chi connectivity index (χ2n) is 9.10. The minimum atomic E-state index is 0.342. The number of aliphatic hydroxyl groups is 1. The zero-order chi connectivity index (χ0) is 18.6. The topological polar surface area (TPSA) is 44.3 Å². The van der Waals surface area contributed by atoms with Crippen molar-refractivity contribution < 1.29 is 5.11 Å². The molecule has 3 nitrogen and oxygen atoms in total. The van der Waals surface area contributed by atoms with Gasteiger partial charge in [0.05, 0.1) is 0 Å². The summed E-state index contributed by atoms with van der Waals surface area (Å²) in [6, 6.07) is 1.68. The van der Waals surface area contributed by atoms with Gasteiger partial charge in [-0.15, -0.1) is 0 Å². The van der Waals surface area contributed by atoms with Crippen LogP contribution in [0.5, 0.6) is 0 Å². The first-order chi connectivity index (χ1) is 13.2. The number of aliphatic hydroxyl groups excluding tert-OH is 1. The number of hydrogen-bond donors (Lipinski definition) is 3. The Morgan fingerprint density at radius 2 is 1.85 bits per heavy atom. The average molecular weight is 369 g/mol. The van der Waals surface area contributed by atoms with E-state index in [1.54, 1.807) is 0 Å². The van der Waals surface area contributed by atoms with E-state index < -0.39 is 0 Å². The molecule has 0 amide bonds. The van der Waals surface area contributed by atoms with Crippen LogP contribution in [0.25, 0.3) is 0 Å². The standard InChI is InChI=1S/C24H36N2O/c1-17-6-2-3-7-19(14-17)23-15-20-12-10-18(16-27)11-13-22(24(20)26-23)25-21-8-4-5-9-21/h2-3,6-7,14-15,17-18,20-22,24-27H,4-5,8-13,16H2,1H3. The molecule has 3 N–H and O–H groups in total. The summed E-state index contributed by atoms with van der Waals surface area (Å²) in [6.45, 7) is 2.59. The van der Waals surface area contributed by atoms with Gasteiger partial charge in [-0.25, -0.2) is 0 Å². The fraction of sp³-hybridized carbons (Fsp3) is 0.667. The Bertz CT molecular complexity index is 626. The summed E-state index contributed by atoms with van der Waals surface area (Å²) in [7, 11) is 0. The van der Waals surface area contributed by atoms with E-state index in [0.717, 1.165) is 12.8 Å². The molecule has 5 unspecified atom stereocenters. The maximum atomic E-state index is 9.76. The quantitative estimate of drug-likeness (QED) is 0.696. The lowest BCUT2D eigenvalue weighted by Crippen LogP contribution is -2.52. The molecule has 4 aliphatic rings. The predicted molar refractivity (Wildman–Crippen MR) is 112 cm³/mol. The van der Waals surface area contributed by atoms with Crippen molar-refractivity contribution in [2.45, 2.75) is 76.4 Å². The lowest BCUT2D eigenvalue weighted by atomic mass is 9.81. The Hall–Kier alpha value is -1.32. The van der Waals surface area contributed by atoms with Crippen molar-refractivity contribution in [1.82, 2.24) is 10.6 Å². The summed E-state index contributed by atoms with van der Waals surface area (Å²) in [5.74, 6) is 1.50. The van der Waals surface area contributed by atoms with Gasteiger partial charge in [0.25, 0.3) is 0 Å². The minimum Gasteiger partial charge on any atom is -0.396 e. The van der Waals surface area contributed by atoms with Crippen LogP contribution in [0.1, 0.15) is 58.3 Å². The van der Waals surface area contributed by atoms with Gasteiger partial charge in [0.15, 0.2) is 0 Å². The summed E-state index contributed by atoms with van der Waals surface area (Å²) < 4.78 is 0. The number of fused-ring (bicyclic) bond motifs is 1. The Morgan fingerprint density at radius 1 is 1.04 bits per heavy atom. The molecule has 2 fully saturated rings. The fourth-order valence-electron chi connectivity index (χ4n) is 5.40. The smallest absolute Gasteiger partial charge is 0.0478 e. The monoisotopic (exact) mass is 368 g/mol. The third-order valence-electron chi connectivity index (χ3n) is 7.01. The molecular weight excluding hydrogens is 332 g/mol. The van der Waals surface area contributed by atoms with E-state index in [4.69, 9.17) is 0 Å². The third-order valence-corrected chi connectivity index (χ3v) is 7.01. The predicted octanol–water partition coefficient (Wildman–Crippen LogP) is 4.23. The van der Waals surface area contributed by atoms with E-state index in [9.17, 15) is 5.11 Å². The molecule has 0 radical (unpaired) electrons. The van der Waals surface area contributed by atoms with E-state index in [1.807, 2.05) is 0 Å². The van der Waals surface area contributed by atoms with Crippen molar-refractivity contribution in [3.63, 3.8) is 0 Å². The summed E-state index contributed by atoms with van der Waals surface area (Å²) in [6.07, 6.45) is 23.7. The van der Waals surface area contributed by atoms with Crippen molar-refractivity contribution in [1.29, 1.82) is 0 Å². The first-order valence-corrected chi connectivity index (χ1v) is 11.2. The van der Waals surface area contributed by atoms with Crippen LogP contribution in [0, 0.1) is 17.8 Å². The summed E-state index contributed by atoms with van der Waals surface area (Å²) in [4.78, 5) is 0. The lowest BCUT2D eigenvalue weighted by Gasteiger charge is -2.36. The zero-order valence-electron chi connectivity index (χ0n) is 16.7. The molecule has 1 heterocycles. The van der Waals surface area contributed by atoms with Crippen LogP contribution in [0.15, 0.2) is 47.7 Å². The van der Waals surface area contributed by atoms with E-state index in [0.29, 0.717) is 42.5 Å². The largest absolute Gasteiger partial charge is 0.396 e. The van der Waals surface area contributed by atoms with E-state index >= 15 is 0 Å². The number of rotatable bonds is 4. The molecule has 2 saturated carbocycles. The maximum Gasteiger partial charge on any atom is 0.0478 e. The lowest BCUT2D eigenvalue weighted by molar-refractivity contribution is 0.171. The average Bonchev–Trinajstić information content (AvgIpc) is 3.26. The van der Waals surface area contributed by atoms with Crippen molar-refractivity contribution in [3.8, 4) is 0 Å². The van der Waals surface area contributed by atoms with Gasteiger partial charge < -0.3 is 15.7 Å². The summed E-state index contributed by atoms with van der Waals surface area (Å²) in [5.41, 5.74) is 2.65. The Morgan fingerprint density at radius 3 is 2.67 bits per heavy atom. The highest BCUT2D eigenvalue weighted by molar-refractivity contribution is 5.45. The molecule has 27 heavy (non-hydrogen) atoms. The molecule has 4 rings (SSSR count). The van der Waals surface area contributed by atoms with Crippen LogP contribution in [0.2, 0.25) is 0 Å². The minimum absolute atomic E-state index is 0.342. The molecule has 0 aromatic heterocycles.